The molecule has 0 amide bonds. The van der Waals surface area contributed by atoms with Crippen LogP contribution in [0.1, 0.15) is 15.9 Å². The van der Waals surface area contributed by atoms with E-state index < -0.39 is 10.0 Å². The maximum atomic E-state index is 12.2. The Labute approximate surface area is 149 Å². The van der Waals surface area contributed by atoms with Crippen molar-refractivity contribution >= 4 is 37.8 Å². The number of sulfonamides is 1. The Morgan fingerprint density at radius 2 is 1.75 bits per heavy atom. The summed E-state index contributed by atoms with van der Waals surface area (Å²) in [6.45, 7) is 0. The summed E-state index contributed by atoms with van der Waals surface area (Å²) in [7, 11) is -0.606. The first kappa shape index (κ1) is 18.4. The average molecular weight is 410 g/mol. The molecule has 7 heteroatoms. The number of carbonyl (C=O) groups is 1. The number of hydrogen-bond acceptors (Lipinski definition) is 4. The fourth-order valence-corrected chi connectivity index (χ4v) is 3.20. The summed E-state index contributed by atoms with van der Waals surface area (Å²) >= 11 is 3.21. The van der Waals surface area contributed by atoms with Gasteiger partial charge in [0.1, 0.15) is 5.75 Å². The number of rotatable bonds is 5. The van der Waals surface area contributed by atoms with E-state index in [0.29, 0.717) is 10.0 Å². The van der Waals surface area contributed by atoms with Crippen LogP contribution in [0.3, 0.4) is 0 Å². The number of hydrogen-bond donors (Lipinski definition) is 1. The molecule has 0 unspecified atom stereocenters. The predicted octanol–water partition coefficient (Wildman–Crippen LogP) is 3.30. The van der Waals surface area contributed by atoms with E-state index in [-0.39, 0.29) is 16.4 Å². The van der Waals surface area contributed by atoms with Gasteiger partial charge in [-0.2, -0.15) is 0 Å². The normalized spacial score (nSPS) is 12.0. The lowest BCUT2D eigenvalue weighted by Crippen LogP contribution is -2.22. The predicted molar refractivity (Wildman–Crippen MR) is 96.5 cm³/mol. The van der Waals surface area contributed by atoms with Crippen molar-refractivity contribution < 1.29 is 18.3 Å². The van der Waals surface area contributed by atoms with Gasteiger partial charge in [0.05, 0.1) is 9.37 Å². The van der Waals surface area contributed by atoms with Gasteiger partial charge in [-0.1, -0.05) is 12.1 Å². The van der Waals surface area contributed by atoms with Gasteiger partial charge in [0.15, 0.2) is 5.78 Å². The number of benzene rings is 2. The zero-order chi connectivity index (χ0) is 17.9. The number of nitrogens with zero attached hydrogens (tertiary/aromatic N) is 1. The minimum Gasteiger partial charge on any atom is -0.507 e. The van der Waals surface area contributed by atoms with E-state index in [1.165, 1.54) is 50.5 Å². The third-order valence-corrected chi connectivity index (χ3v) is 5.78. The lowest BCUT2D eigenvalue weighted by atomic mass is 10.1. The molecule has 0 aliphatic heterocycles. The molecule has 0 spiro atoms. The summed E-state index contributed by atoms with van der Waals surface area (Å²) in [5.74, 6) is -0.121. The molecule has 5 nitrogen and oxygen atoms in total. The number of phenols is 1. The minimum atomic E-state index is -3.51. The zero-order valence-electron chi connectivity index (χ0n) is 13.1. The van der Waals surface area contributed by atoms with E-state index in [1.54, 1.807) is 18.2 Å². The number of halogens is 1. The molecule has 0 aliphatic rings. The van der Waals surface area contributed by atoms with Crippen molar-refractivity contribution in [1.29, 1.82) is 0 Å². The highest BCUT2D eigenvalue weighted by atomic mass is 79.9. The van der Waals surface area contributed by atoms with Crippen LogP contribution in [-0.4, -0.2) is 37.7 Å². The van der Waals surface area contributed by atoms with Gasteiger partial charge < -0.3 is 5.11 Å². The summed E-state index contributed by atoms with van der Waals surface area (Å²) in [6, 6.07) is 10.7. The molecule has 126 valence electrons. The first-order valence-corrected chi connectivity index (χ1v) is 9.18. The Kier molecular flexibility index (Phi) is 5.58. The van der Waals surface area contributed by atoms with Crippen molar-refractivity contribution in [1.82, 2.24) is 4.31 Å². The minimum absolute atomic E-state index is 0.121. The second kappa shape index (κ2) is 7.29. The van der Waals surface area contributed by atoms with Gasteiger partial charge in [-0.15, -0.1) is 0 Å². The summed E-state index contributed by atoms with van der Waals surface area (Å²) in [5.41, 5.74) is 1.14. The molecule has 1 N–H and O–H groups in total. The van der Waals surface area contributed by atoms with Crippen molar-refractivity contribution in [2.24, 2.45) is 0 Å². The van der Waals surface area contributed by atoms with Crippen LogP contribution in [0.5, 0.6) is 5.75 Å². The maximum Gasteiger partial charge on any atom is 0.242 e. The van der Waals surface area contributed by atoms with Gasteiger partial charge in [0, 0.05) is 19.7 Å². The number of carbonyl (C=O) groups excluding carboxylic acids is 1. The lowest BCUT2D eigenvalue weighted by Gasteiger charge is -2.11. The molecule has 0 saturated carbocycles. The van der Waals surface area contributed by atoms with Gasteiger partial charge in [0.2, 0.25) is 10.0 Å². The molecule has 2 rings (SSSR count). The highest BCUT2D eigenvalue weighted by Gasteiger charge is 2.17. The number of aromatic hydroxyl groups is 1. The van der Waals surface area contributed by atoms with E-state index in [1.807, 2.05) is 0 Å². The molecule has 0 heterocycles. The van der Waals surface area contributed by atoms with Crippen LogP contribution in [0.4, 0.5) is 0 Å². The number of allylic oxidation sites excluding steroid dienone is 1. The van der Waals surface area contributed by atoms with Crippen molar-refractivity contribution in [3.05, 3.63) is 64.1 Å². The van der Waals surface area contributed by atoms with Crippen LogP contribution in [0.25, 0.3) is 6.08 Å². The molecular weight excluding hydrogens is 394 g/mol. The highest BCUT2D eigenvalue weighted by molar-refractivity contribution is 9.10. The second-order valence-electron chi connectivity index (χ2n) is 5.22. The van der Waals surface area contributed by atoms with Crippen LogP contribution in [0, 0.1) is 0 Å². The van der Waals surface area contributed by atoms with Crippen LogP contribution in [-0.2, 0) is 10.0 Å². The van der Waals surface area contributed by atoms with E-state index >= 15 is 0 Å². The largest absolute Gasteiger partial charge is 0.507 e. The SMILES string of the molecule is CN(C)S(=O)(=O)c1ccc(C(=O)/C=C/c2ccc(O)c(Br)c2)cc1. The molecule has 24 heavy (non-hydrogen) atoms. The number of phenolic OH excluding ortho intramolecular Hbond substituents is 1. The topological polar surface area (TPSA) is 74.7 Å². The molecule has 2 aromatic carbocycles. The smallest absolute Gasteiger partial charge is 0.242 e. The lowest BCUT2D eigenvalue weighted by molar-refractivity contribution is 0.104. The maximum absolute atomic E-state index is 12.2. The Bertz CT molecular complexity index is 887. The summed E-state index contributed by atoms with van der Waals surface area (Å²) in [4.78, 5) is 12.3. The highest BCUT2D eigenvalue weighted by Crippen LogP contribution is 2.24. The zero-order valence-corrected chi connectivity index (χ0v) is 15.5. The van der Waals surface area contributed by atoms with E-state index in [0.717, 1.165) is 9.87 Å². The van der Waals surface area contributed by atoms with Crippen LogP contribution in [0.15, 0.2) is 57.9 Å². The first-order chi connectivity index (χ1) is 11.2. The fraction of sp³-hybridized carbons (Fsp3) is 0.118. The van der Waals surface area contributed by atoms with Crippen LogP contribution >= 0.6 is 15.9 Å². The van der Waals surface area contributed by atoms with Crippen molar-refractivity contribution in [2.75, 3.05) is 14.1 Å². The van der Waals surface area contributed by atoms with E-state index in [2.05, 4.69) is 15.9 Å². The van der Waals surface area contributed by atoms with Crippen molar-refractivity contribution in [3.63, 3.8) is 0 Å². The quantitative estimate of drug-likeness (QED) is 0.607. The van der Waals surface area contributed by atoms with Gasteiger partial charge in [-0.3, -0.25) is 4.79 Å². The van der Waals surface area contributed by atoms with Crippen molar-refractivity contribution in [3.8, 4) is 5.75 Å². The van der Waals surface area contributed by atoms with Crippen LogP contribution in [0.2, 0.25) is 0 Å². The molecular formula is C17H16BrNO4S. The molecule has 0 radical (unpaired) electrons. The summed E-state index contributed by atoms with van der Waals surface area (Å²) in [5, 5.41) is 9.44. The summed E-state index contributed by atoms with van der Waals surface area (Å²) in [6.07, 6.45) is 3.02. The molecule has 0 bridgehead atoms. The third kappa shape index (κ3) is 4.11. The Morgan fingerprint density at radius 1 is 1.12 bits per heavy atom. The van der Waals surface area contributed by atoms with Crippen LogP contribution < -0.4 is 0 Å². The van der Waals surface area contributed by atoms with E-state index in [4.69, 9.17) is 0 Å². The monoisotopic (exact) mass is 409 g/mol. The first-order valence-electron chi connectivity index (χ1n) is 6.95. The second-order valence-corrected chi connectivity index (χ2v) is 8.23. The Balaban J connectivity index is 2.18. The number of ketones is 1. The molecule has 0 atom stereocenters. The Hall–Kier alpha value is -1.96. The molecule has 2 aromatic rings. The van der Waals surface area contributed by atoms with E-state index in [9.17, 15) is 18.3 Å². The van der Waals surface area contributed by atoms with Gasteiger partial charge in [-0.25, -0.2) is 12.7 Å². The fourth-order valence-electron chi connectivity index (χ4n) is 1.90. The van der Waals surface area contributed by atoms with Gasteiger partial charge >= 0.3 is 0 Å². The Morgan fingerprint density at radius 3 is 2.29 bits per heavy atom. The average Bonchev–Trinajstić information content (AvgIpc) is 2.55. The standard InChI is InChI=1S/C17H16BrNO4S/c1-19(2)24(22,23)14-7-5-13(6-8-14)16(20)9-3-12-4-10-17(21)15(18)11-12/h3-11,21H,1-2H3/b9-3+. The van der Waals surface area contributed by atoms with Gasteiger partial charge in [-0.05, 0) is 64.0 Å². The molecule has 0 aromatic heterocycles. The molecule has 0 aliphatic carbocycles. The molecule has 0 saturated heterocycles. The third-order valence-electron chi connectivity index (χ3n) is 3.32. The van der Waals surface area contributed by atoms with Crippen molar-refractivity contribution in [2.45, 2.75) is 4.90 Å². The molecule has 0 fully saturated rings. The summed E-state index contributed by atoms with van der Waals surface area (Å²) < 4.78 is 25.6. The van der Waals surface area contributed by atoms with Gasteiger partial charge in [0.25, 0.3) is 0 Å².